The van der Waals surface area contributed by atoms with Crippen molar-refractivity contribution in [3.63, 3.8) is 0 Å². The van der Waals surface area contributed by atoms with Crippen LogP contribution < -0.4 is 10.3 Å². The lowest BCUT2D eigenvalue weighted by Crippen LogP contribution is -2.48. The van der Waals surface area contributed by atoms with Crippen molar-refractivity contribution in [2.24, 2.45) is 5.10 Å². The number of nitrogens with zero attached hydrogens (tertiary/aromatic N) is 2. The van der Waals surface area contributed by atoms with Crippen LogP contribution in [0.4, 0.5) is 10.1 Å². The van der Waals surface area contributed by atoms with Crippen LogP contribution >= 0.6 is 0 Å². The molecule has 28 heavy (non-hydrogen) atoms. The summed E-state index contributed by atoms with van der Waals surface area (Å²) < 4.78 is 14.7. The fraction of sp³-hybridized carbons (Fsp3) is 0.364. The zero-order chi connectivity index (χ0) is 20.5. The molecule has 1 atom stereocenters. The van der Waals surface area contributed by atoms with Gasteiger partial charge in [0.25, 0.3) is 5.91 Å². The lowest BCUT2D eigenvalue weighted by molar-refractivity contribution is 0.0952. The van der Waals surface area contributed by atoms with Crippen molar-refractivity contribution in [2.45, 2.75) is 45.6 Å². The summed E-state index contributed by atoms with van der Waals surface area (Å²) >= 11 is 0. The van der Waals surface area contributed by atoms with E-state index in [-0.39, 0.29) is 28.6 Å². The Morgan fingerprint density at radius 3 is 2.79 bits per heavy atom. The number of hydrogen-bond acceptors (Lipinski definition) is 4. The van der Waals surface area contributed by atoms with Gasteiger partial charge in [0.15, 0.2) is 0 Å². The molecule has 2 aromatic carbocycles. The zero-order valence-electron chi connectivity index (χ0n) is 16.7. The molecule has 3 rings (SSSR count). The van der Waals surface area contributed by atoms with Crippen molar-refractivity contribution in [1.82, 2.24) is 5.43 Å². The molecule has 148 valence electrons. The van der Waals surface area contributed by atoms with Crippen molar-refractivity contribution < 1.29 is 14.3 Å². The zero-order valence-corrected chi connectivity index (χ0v) is 16.7. The fourth-order valence-corrected chi connectivity index (χ4v) is 4.10. The van der Waals surface area contributed by atoms with Gasteiger partial charge in [-0.05, 0) is 62.9 Å². The maximum Gasteiger partial charge on any atom is 0.275 e. The molecule has 1 aliphatic heterocycles. The molecule has 5 nitrogen and oxygen atoms in total. The van der Waals surface area contributed by atoms with E-state index in [1.54, 1.807) is 18.2 Å². The first-order chi connectivity index (χ1) is 13.2. The smallest absolute Gasteiger partial charge is 0.275 e. The number of hydrazone groups is 1. The lowest BCUT2D eigenvalue weighted by atomic mass is 9.79. The summed E-state index contributed by atoms with van der Waals surface area (Å²) in [5.41, 5.74) is 4.73. The highest BCUT2D eigenvalue weighted by molar-refractivity contribution is 5.97. The monoisotopic (exact) mass is 383 g/mol. The summed E-state index contributed by atoms with van der Waals surface area (Å²) in [6.07, 6.45) is 2.27. The summed E-state index contributed by atoms with van der Waals surface area (Å²) in [5.74, 6) is -0.787. The van der Waals surface area contributed by atoms with Gasteiger partial charge in [-0.15, -0.1) is 0 Å². The minimum atomic E-state index is -0.556. The van der Waals surface area contributed by atoms with Crippen molar-refractivity contribution in [2.75, 3.05) is 11.4 Å². The molecule has 1 unspecified atom stereocenters. The first-order valence-electron chi connectivity index (χ1n) is 9.47. The first-order valence-corrected chi connectivity index (χ1v) is 9.47. The number of fused-ring (bicyclic) bond motifs is 1. The largest absolute Gasteiger partial charge is 0.507 e. The third-order valence-electron chi connectivity index (χ3n) is 5.34. The summed E-state index contributed by atoms with van der Waals surface area (Å²) in [4.78, 5) is 14.3. The molecule has 2 N–H and O–H groups in total. The minimum absolute atomic E-state index is 0.0329. The van der Waals surface area contributed by atoms with Crippen molar-refractivity contribution in [1.29, 1.82) is 0 Å². The number of para-hydroxylation sites is 1. The average Bonchev–Trinajstić information content (AvgIpc) is 2.62. The van der Waals surface area contributed by atoms with Gasteiger partial charge in [0.2, 0.25) is 0 Å². The molecule has 6 heteroatoms. The minimum Gasteiger partial charge on any atom is -0.507 e. The quantitative estimate of drug-likeness (QED) is 0.607. The highest BCUT2D eigenvalue weighted by Crippen LogP contribution is 2.43. The predicted molar refractivity (Wildman–Crippen MR) is 110 cm³/mol. The molecule has 2 aromatic rings. The van der Waals surface area contributed by atoms with E-state index in [0.717, 1.165) is 24.2 Å². The Labute approximate surface area is 164 Å². The standard InChI is InChI=1S/C22H26FN3O2/c1-5-26-19-11-18(23)15(10-17(19)14(2)12-22(26,3)4)13-24-25-21(28)16-8-6-7-9-20(16)27/h6-11,13-14,27H,5,12H2,1-4H3,(H,25,28)/b24-13+. The second-order valence-electron chi connectivity index (χ2n) is 7.81. The van der Waals surface area contributed by atoms with Crippen LogP contribution in [0.3, 0.4) is 0 Å². The molecule has 0 bridgehead atoms. The third-order valence-corrected chi connectivity index (χ3v) is 5.34. The molecule has 1 heterocycles. The number of phenolic OH excluding ortho intramolecular Hbond substituents is 1. The van der Waals surface area contributed by atoms with E-state index < -0.39 is 5.91 Å². The topological polar surface area (TPSA) is 64.9 Å². The van der Waals surface area contributed by atoms with Crippen LogP contribution in [0.1, 0.15) is 61.5 Å². The van der Waals surface area contributed by atoms with Gasteiger partial charge in [-0.1, -0.05) is 19.1 Å². The first kappa shape index (κ1) is 19.9. The van der Waals surface area contributed by atoms with Crippen molar-refractivity contribution in [3.05, 3.63) is 58.9 Å². The molecular weight excluding hydrogens is 357 g/mol. The summed E-state index contributed by atoms with van der Waals surface area (Å²) in [7, 11) is 0. The van der Waals surface area contributed by atoms with E-state index in [4.69, 9.17) is 0 Å². The van der Waals surface area contributed by atoms with Gasteiger partial charge in [0.05, 0.1) is 11.8 Å². The van der Waals surface area contributed by atoms with Gasteiger partial charge in [-0.25, -0.2) is 9.82 Å². The normalized spacial score (nSPS) is 18.2. The molecular formula is C22H26FN3O2. The van der Waals surface area contributed by atoms with Crippen LogP contribution in [0.2, 0.25) is 0 Å². The Kier molecular flexibility index (Phi) is 5.40. The van der Waals surface area contributed by atoms with Crippen LogP contribution in [0.25, 0.3) is 0 Å². The molecule has 0 saturated heterocycles. The van der Waals surface area contributed by atoms with Crippen LogP contribution in [-0.2, 0) is 0 Å². The number of hydrogen-bond donors (Lipinski definition) is 2. The number of phenols is 1. The van der Waals surface area contributed by atoms with Crippen molar-refractivity contribution >= 4 is 17.8 Å². The van der Waals surface area contributed by atoms with Crippen LogP contribution in [0, 0.1) is 5.82 Å². The van der Waals surface area contributed by atoms with Gasteiger partial charge in [0.1, 0.15) is 11.6 Å². The maximum atomic E-state index is 14.7. The molecule has 0 fully saturated rings. The number of carbonyl (C=O) groups is 1. The predicted octanol–water partition coefficient (Wildman–Crippen LogP) is 4.41. The Morgan fingerprint density at radius 2 is 2.11 bits per heavy atom. The number of anilines is 1. The molecule has 0 saturated carbocycles. The molecule has 0 aromatic heterocycles. The van der Waals surface area contributed by atoms with Crippen LogP contribution in [0.5, 0.6) is 5.75 Å². The number of aromatic hydroxyl groups is 1. The van der Waals surface area contributed by atoms with E-state index in [1.807, 2.05) is 6.07 Å². The van der Waals surface area contributed by atoms with Gasteiger partial charge in [-0.3, -0.25) is 4.79 Å². The Morgan fingerprint density at radius 1 is 1.39 bits per heavy atom. The van der Waals surface area contributed by atoms with Crippen molar-refractivity contribution in [3.8, 4) is 5.75 Å². The number of halogens is 1. The number of carbonyl (C=O) groups excluding carboxylic acids is 1. The Hall–Kier alpha value is -2.89. The third kappa shape index (κ3) is 3.72. The number of amides is 1. The lowest BCUT2D eigenvalue weighted by Gasteiger charge is -2.47. The van der Waals surface area contributed by atoms with E-state index in [1.165, 1.54) is 18.3 Å². The highest BCUT2D eigenvalue weighted by atomic mass is 19.1. The second kappa shape index (κ2) is 7.62. The van der Waals surface area contributed by atoms with Gasteiger partial charge < -0.3 is 10.0 Å². The average molecular weight is 383 g/mol. The fourth-order valence-electron chi connectivity index (χ4n) is 4.10. The molecule has 1 amide bonds. The van der Waals surface area contributed by atoms with Gasteiger partial charge >= 0.3 is 0 Å². The van der Waals surface area contributed by atoms with E-state index in [0.29, 0.717) is 5.56 Å². The van der Waals surface area contributed by atoms with E-state index in [9.17, 15) is 14.3 Å². The van der Waals surface area contributed by atoms with Gasteiger partial charge in [0, 0.05) is 23.3 Å². The van der Waals surface area contributed by atoms with Crippen LogP contribution in [-0.4, -0.2) is 29.3 Å². The second-order valence-corrected chi connectivity index (χ2v) is 7.81. The van der Waals surface area contributed by atoms with E-state index in [2.05, 4.69) is 43.1 Å². The molecule has 0 radical (unpaired) electrons. The van der Waals surface area contributed by atoms with E-state index >= 15 is 0 Å². The number of benzene rings is 2. The van der Waals surface area contributed by atoms with Crippen LogP contribution in [0.15, 0.2) is 41.5 Å². The Balaban J connectivity index is 1.84. The summed E-state index contributed by atoms with van der Waals surface area (Å²) in [6.45, 7) is 9.38. The number of rotatable bonds is 4. The maximum absolute atomic E-state index is 14.7. The van der Waals surface area contributed by atoms with Gasteiger partial charge in [-0.2, -0.15) is 5.10 Å². The summed E-state index contributed by atoms with van der Waals surface area (Å²) in [6, 6.07) is 9.54. The molecule has 0 aliphatic carbocycles. The number of nitrogens with one attached hydrogen (secondary N) is 1. The highest BCUT2D eigenvalue weighted by Gasteiger charge is 2.36. The Bertz CT molecular complexity index is 924. The molecule has 1 aliphatic rings. The SMILES string of the molecule is CCN1c2cc(F)c(/C=N/NC(=O)c3ccccc3O)cc2C(C)CC1(C)C. The molecule has 0 spiro atoms. The summed E-state index contributed by atoms with van der Waals surface area (Å²) in [5, 5.41) is 13.6.